The number of rotatable bonds is 8. The Kier molecular flexibility index (Phi) is 10.4. The number of carbonyl (C=O) groups is 4. The zero-order chi connectivity index (χ0) is 38.1. The van der Waals surface area contributed by atoms with Crippen molar-refractivity contribution in [2.75, 3.05) is 27.3 Å². The number of aromatic amines is 2. The topological polar surface area (TPSA) is 175 Å². The summed E-state index contributed by atoms with van der Waals surface area (Å²) in [7, 11) is 2.51. The number of aryl methyl sites for hydroxylation is 2. The highest BCUT2D eigenvalue weighted by atomic mass is 19.1. The van der Waals surface area contributed by atoms with E-state index in [1.165, 1.54) is 20.3 Å². The largest absolute Gasteiger partial charge is 0.453 e. The molecule has 4 heterocycles. The molecule has 2 fully saturated rings. The molecular formula is C39H45FN8O6. The molecule has 0 bridgehead atoms. The van der Waals surface area contributed by atoms with Gasteiger partial charge in [-0.2, -0.15) is 0 Å². The molecule has 15 heteroatoms. The van der Waals surface area contributed by atoms with Crippen LogP contribution in [0.4, 0.5) is 14.0 Å². The van der Waals surface area contributed by atoms with Crippen molar-refractivity contribution in [2.45, 2.75) is 83.0 Å². The summed E-state index contributed by atoms with van der Waals surface area (Å²) in [6.07, 6.45) is 5.88. The van der Waals surface area contributed by atoms with E-state index in [0.717, 1.165) is 78.0 Å². The van der Waals surface area contributed by atoms with Gasteiger partial charge in [-0.15, -0.1) is 0 Å². The Hall–Kier alpha value is -5.73. The molecule has 2 aliphatic heterocycles. The number of imidazole rings is 2. The van der Waals surface area contributed by atoms with E-state index in [9.17, 15) is 19.2 Å². The maximum absolute atomic E-state index is 15.8. The van der Waals surface area contributed by atoms with Crippen molar-refractivity contribution in [3.63, 3.8) is 0 Å². The zero-order valence-electron chi connectivity index (χ0n) is 30.8. The molecular weight excluding hydrogens is 695 g/mol. The van der Waals surface area contributed by atoms with E-state index in [2.05, 4.69) is 41.1 Å². The summed E-state index contributed by atoms with van der Waals surface area (Å²) in [5, 5.41) is 5.09. The monoisotopic (exact) mass is 740 g/mol. The van der Waals surface area contributed by atoms with Gasteiger partial charge in [-0.25, -0.2) is 23.9 Å². The van der Waals surface area contributed by atoms with Crippen molar-refractivity contribution in [1.29, 1.82) is 0 Å². The summed E-state index contributed by atoms with van der Waals surface area (Å²) in [6, 6.07) is 9.26. The number of likely N-dealkylation sites (tertiary alicyclic amines) is 2. The lowest BCUT2D eigenvalue weighted by atomic mass is 9.95. The molecule has 4 N–H and O–H groups in total. The highest BCUT2D eigenvalue weighted by molar-refractivity contribution is 5.86. The number of halogens is 1. The number of aromatic nitrogens is 4. The van der Waals surface area contributed by atoms with E-state index < -0.39 is 30.1 Å². The Bertz CT molecular complexity index is 2080. The number of hydrogen-bond donors (Lipinski definition) is 4. The molecule has 14 nitrogen and oxygen atoms in total. The summed E-state index contributed by atoms with van der Waals surface area (Å²) in [5.74, 6) is 0.478. The first-order chi connectivity index (χ1) is 26.1. The first-order valence-electron chi connectivity index (χ1n) is 18.4. The maximum Gasteiger partial charge on any atom is 0.407 e. The van der Waals surface area contributed by atoms with Crippen LogP contribution in [0, 0.1) is 5.82 Å². The van der Waals surface area contributed by atoms with Gasteiger partial charge in [0.25, 0.3) is 0 Å². The number of nitrogens with one attached hydrogen (secondary N) is 4. The van der Waals surface area contributed by atoms with E-state index >= 15 is 4.39 Å². The van der Waals surface area contributed by atoms with Crippen molar-refractivity contribution < 1.29 is 33.0 Å². The van der Waals surface area contributed by atoms with Crippen molar-refractivity contribution >= 4 is 24.0 Å². The number of methoxy groups -OCH3 is 2. The van der Waals surface area contributed by atoms with Crippen molar-refractivity contribution in [3.8, 4) is 33.6 Å². The van der Waals surface area contributed by atoms with Crippen LogP contribution in [0.3, 0.4) is 0 Å². The predicted molar refractivity (Wildman–Crippen MR) is 196 cm³/mol. The molecule has 2 saturated heterocycles. The minimum Gasteiger partial charge on any atom is -0.453 e. The Morgan fingerprint density at radius 2 is 1.39 bits per heavy atom. The number of carbonyl (C=O) groups excluding carboxylic acids is 4. The number of hydrogen-bond acceptors (Lipinski definition) is 8. The lowest BCUT2D eigenvalue weighted by Crippen LogP contribution is -2.46. The van der Waals surface area contributed by atoms with E-state index in [4.69, 9.17) is 4.98 Å². The van der Waals surface area contributed by atoms with Crippen LogP contribution in [0.15, 0.2) is 42.6 Å². The van der Waals surface area contributed by atoms with Gasteiger partial charge < -0.3 is 39.9 Å². The molecule has 2 aromatic heterocycles. The number of fused-ring (bicyclic) bond motifs is 3. The second kappa shape index (κ2) is 15.3. The van der Waals surface area contributed by atoms with E-state index in [0.29, 0.717) is 36.6 Å². The molecule has 0 unspecified atom stereocenters. The number of H-pyrrole nitrogens is 2. The third-order valence-corrected chi connectivity index (χ3v) is 10.7. The molecule has 2 aromatic carbocycles. The van der Waals surface area contributed by atoms with Crippen molar-refractivity contribution in [2.24, 2.45) is 0 Å². The third kappa shape index (κ3) is 7.14. The second-order valence-corrected chi connectivity index (χ2v) is 14.1. The van der Waals surface area contributed by atoms with Gasteiger partial charge in [0.2, 0.25) is 11.8 Å². The lowest BCUT2D eigenvalue weighted by molar-refractivity contribution is -0.134. The fourth-order valence-corrected chi connectivity index (χ4v) is 7.94. The summed E-state index contributed by atoms with van der Waals surface area (Å²) < 4.78 is 25.1. The fraction of sp³-hybridized carbons (Fsp3) is 0.436. The SMILES string of the molecule is COC(=O)N[C@@H](C)C(=O)N1CCC[C@@H]1c1nc2c([nH]1)CCCc1cc(-c3ccc(-c4cnc([C@@H]5CCCN5C(=O)[C@H](C)NC(=O)OC)[nH]4)c(F)c3)ccc1-2. The normalized spacial score (nSPS) is 19.0. The summed E-state index contributed by atoms with van der Waals surface area (Å²) in [5.41, 5.74) is 6.54. The highest BCUT2D eigenvalue weighted by Crippen LogP contribution is 2.39. The molecule has 0 radical (unpaired) electrons. The van der Waals surface area contributed by atoms with Gasteiger partial charge in [-0.3, -0.25) is 9.59 Å². The minimum atomic E-state index is -0.766. The van der Waals surface area contributed by atoms with Gasteiger partial charge in [0.1, 0.15) is 29.5 Å². The van der Waals surface area contributed by atoms with Gasteiger partial charge in [-0.1, -0.05) is 24.3 Å². The van der Waals surface area contributed by atoms with Crippen LogP contribution in [0.5, 0.6) is 0 Å². The van der Waals surface area contributed by atoms with Gasteiger partial charge >= 0.3 is 12.2 Å². The smallest absolute Gasteiger partial charge is 0.407 e. The Morgan fingerprint density at radius 3 is 2.00 bits per heavy atom. The Labute approximate surface area is 312 Å². The van der Waals surface area contributed by atoms with Crippen LogP contribution in [-0.4, -0.2) is 93.1 Å². The Morgan fingerprint density at radius 1 is 0.796 bits per heavy atom. The predicted octanol–water partition coefficient (Wildman–Crippen LogP) is 5.58. The average molecular weight is 741 g/mol. The molecule has 1 aliphatic carbocycles. The quantitative estimate of drug-likeness (QED) is 0.181. The summed E-state index contributed by atoms with van der Waals surface area (Å²) >= 11 is 0. The van der Waals surface area contributed by atoms with Gasteiger partial charge in [0, 0.05) is 29.9 Å². The van der Waals surface area contributed by atoms with Crippen LogP contribution in [0.1, 0.15) is 80.9 Å². The molecule has 4 amide bonds. The number of ether oxygens (including phenoxy) is 2. The van der Waals surface area contributed by atoms with E-state index in [1.54, 1.807) is 35.9 Å². The maximum atomic E-state index is 15.8. The summed E-state index contributed by atoms with van der Waals surface area (Å²) in [4.78, 5) is 69.6. The Balaban J connectivity index is 1.08. The van der Waals surface area contributed by atoms with Crippen LogP contribution >= 0.6 is 0 Å². The standard InChI is InChI=1S/C39H45FN8O6/c1-21(42-38(51)53-3)36(49)47-16-6-10-31(47)34-41-20-30(45-34)27-15-13-24(19-28(27)40)23-12-14-26-25(18-23)8-5-9-29-33(26)46-35(44-29)32-11-7-17-48(32)37(50)22(2)43-39(52)54-4/h12-15,18-22,31-32H,5-11,16-17H2,1-4H3,(H,41,45)(H,42,51)(H,43,52)(H,44,46)/t21-,22-,31-,32+/m0/s1. The number of amides is 4. The molecule has 7 rings (SSSR count). The zero-order valence-corrected chi connectivity index (χ0v) is 30.8. The molecule has 4 aromatic rings. The van der Waals surface area contributed by atoms with Crippen LogP contribution in [-0.2, 0) is 31.9 Å². The lowest BCUT2D eigenvalue weighted by Gasteiger charge is -2.26. The molecule has 0 saturated carbocycles. The molecule has 4 atom stereocenters. The van der Waals surface area contributed by atoms with Gasteiger partial charge in [0.05, 0.1) is 43.9 Å². The van der Waals surface area contributed by atoms with Crippen LogP contribution in [0.25, 0.3) is 33.6 Å². The molecule has 3 aliphatic rings. The first-order valence-corrected chi connectivity index (χ1v) is 18.4. The fourth-order valence-electron chi connectivity index (χ4n) is 7.94. The first kappa shape index (κ1) is 36.6. The van der Waals surface area contributed by atoms with E-state index in [1.807, 2.05) is 18.2 Å². The van der Waals surface area contributed by atoms with E-state index in [-0.39, 0.29) is 23.9 Å². The number of nitrogens with zero attached hydrogens (tertiary/aromatic N) is 4. The van der Waals surface area contributed by atoms with Gasteiger partial charge in [0.15, 0.2) is 0 Å². The van der Waals surface area contributed by atoms with Gasteiger partial charge in [-0.05, 0) is 87.6 Å². The minimum absolute atomic E-state index is 0.181. The molecule has 0 spiro atoms. The van der Waals surface area contributed by atoms with Crippen molar-refractivity contribution in [1.82, 2.24) is 40.4 Å². The molecule has 284 valence electrons. The number of alkyl carbamates (subject to hydrolysis) is 2. The van der Waals surface area contributed by atoms with Crippen molar-refractivity contribution in [3.05, 3.63) is 71.3 Å². The van der Waals surface area contributed by atoms with Crippen LogP contribution in [0.2, 0.25) is 0 Å². The highest BCUT2D eigenvalue weighted by Gasteiger charge is 2.37. The van der Waals surface area contributed by atoms with Crippen LogP contribution < -0.4 is 10.6 Å². The average Bonchev–Trinajstić information content (AvgIpc) is 4.00. The second-order valence-electron chi connectivity index (χ2n) is 14.1. The summed E-state index contributed by atoms with van der Waals surface area (Å²) in [6.45, 7) is 4.37. The molecule has 54 heavy (non-hydrogen) atoms. The third-order valence-electron chi connectivity index (χ3n) is 10.7. The number of benzene rings is 2.